The van der Waals surface area contributed by atoms with Crippen molar-refractivity contribution in [3.8, 4) is 0 Å². The standard InChI is InChI=1S/C19H18BrFN2O4S/c20-15-5-6-18(21)14(12-15)4-7-19(24)22-16-2-1-3-17(13-16)28(25,26)23-8-10-27-11-9-23/h1-7,12-13H,8-11H2,(H,22,24)/b7-4+. The molecule has 6 nitrogen and oxygen atoms in total. The first-order chi connectivity index (χ1) is 13.4. The van der Waals surface area contributed by atoms with E-state index in [1.807, 2.05) is 0 Å². The van der Waals surface area contributed by atoms with Gasteiger partial charge in [0.15, 0.2) is 0 Å². The van der Waals surface area contributed by atoms with Crippen molar-refractivity contribution in [3.63, 3.8) is 0 Å². The molecule has 1 saturated heterocycles. The van der Waals surface area contributed by atoms with E-state index in [0.29, 0.717) is 36.5 Å². The molecule has 28 heavy (non-hydrogen) atoms. The van der Waals surface area contributed by atoms with Crippen molar-refractivity contribution in [3.05, 3.63) is 64.4 Å². The van der Waals surface area contributed by atoms with Gasteiger partial charge in [0.2, 0.25) is 15.9 Å². The Hall–Kier alpha value is -2.07. The molecule has 0 bridgehead atoms. The number of nitrogens with one attached hydrogen (secondary N) is 1. The van der Waals surface area contributed by atoms with E-state index in [-0.39, 0.29) is 10.5 Å². The summed E-state index contributed by atoms with van der Waals surface area (Å²) in [5.41, 5.74) is 0.590. The third-order valence-corrected chi connectivity index (χ3v) is 6.47. The first kappa shape index (κ1) is 20.7. The van der Waals surface area contributed by atoms with E-state index in [0.717, 1.165) is 0 Å². The van der Waals surface area contributed by atoms with E-state index >= 15 is 0 Å². The Labute approximate surface area is 171 Å². The quantitative estimate of drug-likeness (QED) is 0.683. The van der Waals surface area contributed by atoms with Crippen molar-refractivity contribution in [2.45, 2.75) is 4.90 Å². The number of anilines is 1. The van der Waals surface area contributed by atoms with Crippen LogP contribution in [0.25, 0.3) is 6.08 Å². The molecule has 1 aliphatic rings. The van der Waals surface area contributed by atoms with Crippen LogP contribution in [0.2, 0.25) is 0 Å². The number of rotatable bonds is 5. The Balaban J connectivity index is 1.72. The van der Waals surface area contributed by atoms with Gasteiger partial charge in [-0.05, 0) is 42.5 Å². The zero-order chi connectivity index (χ0) is 20.1. The van der Waals surface area contributed by atoms with Gasteiger partial charge >= 0.3 is 0 Å². The van der Waals surface area contributed by atoms with Gasteiger partial charge in [0, 0.05) is 34.9 Å². The van der Waals surface area contributed by atoms with Crippen LogP contribution in [0.4, 0.5) is 10.1 Å². The molecule has 2 aromatic rings. The third kappa shape index (κ3) is 5.05. The highest BCUT2D eigenvalue weighted by Crippen LogP contribution is 2.21. The Kier molecular flexibility index (Phi) is 6.61. The van der Waals surface area contributed by atoms with Crippen molar-refractivity contribution in [2.24, 2.45) is 0 Å². The van der Waals surface area contributed by atoms with Crippen LogP contribution in [0, 0.1) is 5.82 Å². The van der Waals surface area contributed by atoms with Crippen LogP contribution in [0.5, 0.6) is 0 Å². The van der Waals surface area contributed by atoms with Gasteiger partial charge in [-0.2, -0.15) is 4.31 Å². The number of amides is 1. The summed E-state index contributed by atoms with van der Waals surface area (Å²) in [7, 11) is -3.66. The van der Waals surface area contributed by atoms with Crippen LogP contribution in [0.1, 0.15) is 5.56 Å². The Morgan fingerprint density at radius 2 is 1.93 bits per heavy atom. The van der Waals surface area contributed by atoms with Gasteiger partial charge in [-0.3, -0.25) is 4.79 Å². The van der Waals surface area contributed by atoms with Gasteiger partial charge < -0.3 is 10.1 Å². The third-order valence-electron chi connectivity index (χ3n) is 4.08. The second kappa shape index (κ2) is 8.95. The lowest BCUT2D eigenvalue weighted by Gasteiger charge is -2.26. The first-order valence-corrected chi connectivity index (χ1v) is 10.7. The van der Waals surface area contributed by atoms with Gasteiger partial charge in [-0.25, -0.2) is 12.8 Å². The van der Waals surface area contributed by atoms with Gasteiger partial charge in [0.25, 0.3) is 0 Å². The molecule has 9 heteroatoms. The fourth-order valence-corrected chi connectivity index (χ4v) is 4.50. The Morgan fingerprint density at radius 3 is 2.68 bits per heavy atom. The molecular formula is C19H18BrFN2O4S. The molecule has 0 atom stereocenters. The van der Waals surface area contributed by atoms with Crippen molar-refractivity contribution < 1.29 is 22.3 Å². The number of hydrogen-bond acceptors (Lipinski definition) is 4. The molecule has 0 spiro atoms. The maximum Gasteiger partial charge on any atom is 0.248 e. The van der Waals surface area contributed by atoms with Crippen molar-refractivity contribution in [1.29, 1.82) is 0 Å². The molecule has 148 valence electrons. The molecule has 0 aliphatic carbocycles. The maximum atomic E-state index is 13.7. The lowest BCUT2D eigenvalue weighted by atomic mass is 10.2. The monoisotopic (exact) mass is 468 g/mol. The molecular weight excluding hydrogens is 451 g/mol. The number of carbonyl (C=O) groups excluding carboxylic acids is 1. The molecule has 0 aromatic heterocycles. The summed E-state index contributed by atoms with van der Waals surface area (Å²) in [4.78, 5) is 12.2. The largest absolute Gasteiger partial charge is 0.379 e. The summed E-state index contributed by atoms with van der Waals surface area (Å²) in [5.74, 6) is -0.953. The van der Waals surface area contributed by atoms with Crippen LogP contribution >= 0.6 is 15.9 Å². The lowest BCUT2D eigenvalue weighted by Crippen LogP contribution is -2.40. The van der Waals surface area contributed by atoms with Crippen molar-refractivity contribution >= 4 is 43.6 Å². The summed E-state index contributed by atoms with van der Waals surface area (Å²) < 4.78 is 46.4. The molecule has 0 unspecified atom stereocenters. The predicted octanol–water partition coefficient (Wildman–Crippen LogP) is 3.26. The summed E-state index contributed by atoms with van der Waals surface area (Å²) in [6, 6.07) is 10.4. The molecule has 1 fully saturated rings. The predicted molar refractivity (Wildman–Crippen MR) is 108 cm³/mol. The van der Waals surface area contributed by atoms with E-state index in [1.54, 1.807) is 24.3 Å². The second-order valence-electron chi connectivity index (χ2n) is 6.03. The van der Waals surface area contributed by atoms with Crippen molar-refractivity contribution in [2.75, 3.05) is 31.6 Å². The highest BCUT2D eigenvalue weighted by Gasteiger charge is 2.26. The highest BCUT2D eigenvalue weighted by molar-refractivity contribution is 9.10. The zero-order valence-electron chi connectivity index (χ0n) is 14.8. The SMILES string of the molecule is O=C(/C=C/c1cc(Br)ccc1F)Nc1cccc(S(=O)(=O)N2CCOCC2)c1. The number of nitrogens with zero attached hydrogens (tertiary/aromatic N) is 1. The smallest absolute Gasteiger partial charge is 0.248 e. The number of benzene rings is 2. The molecule has 1 heterocycles. The Bertz CT molecular complexity index is 1000. The van der Waals surface area contributed by atoms with E-state index in [1.165, 1.54) is 34.7 Å². The second-order valence-corrected chi connectivity index (χ2v) is 8.89. The normalized spacial score (nSPS) is 15.6. The summed E-state index contributed by atoms with van der Waals surface area (Å²) in [6.07, 6.45) is 2.54. The molecule has 1 aliphatic heterocycles. The first-order valence-electron chi connectivity index (χ1n) is 8.48. The van der Waals surface area contributed by atoms with Gasteiger partial charge in [-0.15, -0.1) is 0 Å². The fraction of sp³-hybridized carbons (Fsp3) is 0.211. The van der Waals surface area contributed by atoms with Gasteiger partial charge in [-0.1, -0.05) is 22.0 Å². The summed E-state index contributed by atoms with van der Waals surface area (Å²) in [6.45, 7) is 1.29. The van der Waals surface area contributed by atoms with E-state index < -0.39 is 21.7 Å². The minimum Gasteiger partial charge on any atom is -0.379 e. The fourth-order valence-electron chi connectivity index (χ4n) is 2.66. The van der Waals surface area contributed by atoms with E-state index in [9.17, 15) is 17.6 Å². The lowest BCUT2D eigenvalue weighted by molar-refractivity contribution is -0.111. The maximum absolute atomic E-state index is 13.7. The Morgan fingerprint density at radius 1 is 1.18 bits per heavy atom. The van der Waals surface area contributed by atoms with E-state index in [4.69, 9.17) is 4.74 Å². The average molecular weight is 469 g/mol. The van der Waals surface area contributed by atoms with E-state index in [2.05, 4.69) is 21.2 Å². The number of carbonyl (C=O) groups is 1. The minimum absolute atomic E-state index is 0.0919. The number of ether oxygens (including phenoxy) is 1. The van der Waals surface area contributed by atoms with Crippen LogP contribution in [0.15, 0.2) is 57.9 Å². The van der Waals surface area contributed by atoms with Crippen LogP contribution < -0.4 is 5.32 Å². The number of sulfonamides is 1. The topological polar surface area (TPSA) is 75.7 Å². The zero-order valence-corrected chi connectivity index (χ0v) is 17.2. The number of morpholine rings is 1. The summed E-state index contributed by atoms with van der Waals surface area (Å²) in [5, 5.41) is 2.59. The number of halogens is 2. The van der Waals surface area contributed by atoms with Gasteiger partial charge in [0.05, 0.1) is 18.1 Å². The molecule has 1 N–H and O–H groups in total. The van der Waals surface area contributed by atoms with Crippen LogP contribution in [-0.2, 0) is 19.6 Å². The summed E-state index contributed by atoms with van der Waals surface area (Å²) >= 11 is 3.25. The van der Waals surface area contributed by atoms with Crippen LogP contribution in [-0.4, -0.2) is 44.9 Å². The van der Waals surface area contributed by atoms with Crippen molar-refractivity contribution in [1.82, 2.24) is 4.31 Å². The highest BCUT2D eigenvalue weighted by atomic mass is 79.9. The molecule has 2 aromatic carbocycles. The number of hydrogen-bond donors (Lipinski definition) is 1. The van der Waals surface area contributed by atoms with Crippen LogP contribution in [0.3, 0.4) is 0 Å². The molecule has 3 rings (SSSR count). The minimum atomic E-state index is -3.66. The van der Waals surface area contributed by atoms with Gasteiger partial charge in [0.1, 0.15) is 5.82 Å². The molecule has 1 amide bonds. The molecule has 0 radical (unpaired) electrons. The molecule has 0 saturated carbocycles. The average Bonchev–Trinajstić information content (AvgIpc) is 2.69.